The molecule has 0 bridgehead atoms. The largest absolute Gasteiger partial charge is 0.488 e. The van der Waals surface area contributed by atoms with Crippen molar-refractivity contribution in [3.63, 3.8) is 0 Å². The van der Waals surface area contributed by atoms with Crippen molar-refractivity contribution in [2.75, 3.05) is 5.32 Å². The van der Waals surface area contributed by atoms with E-state index in [0.717, 1.165) is 22.2 Å². The van der Waals surface area contributed by atoms with Gasteiger partial charge in [0.2, 0.25) is 5.91 Å². The minimum absolute atomic E-state index is 0.355. The molecule has 10 heteroatoms. The molecule has 0 atom stereocenters. The normalized spacial score (nSPS) is 10.9. The molecule has 4 rings (SSSR count). The van der Waals surface area contributed by atoms with Crippen LogP contribution < -0.4 is 16.5 Å². The highest BCUT2D eigenvalue weighted by atomic mass is 16.4. The molecule has 0 fully saturated rings. The number of amides is 1. The molecule has 0 unspecified atom stereocenters. The fourth-order valence-corrected chi connectivity index (χ4v) is 3.37. The molecule has 2 heterocycles. The summed E-state index contributed by atoms with van der Waals surface area (Å²) in [6, 6.07) is 14.1. The lowest BCUT2D eigenvalue weighted by Gasteiger charge is -2.10. The first-order valence-electron chi connectivity index (χ1n) is 9.24. The molecule has 0 radical (unpaired) electrons. The van der Waals surface area contributed by atoms with E-state index in [4.69, 9.17) is 5.73 Å². The minimum Gasteiger partial charge on any atom is -0.423 e. The smallest absolute Gasteiger partial charge is 0.423 e. The Bertz CT molecular complexity index is 1240. The van der Waals surface area contributed by atoms with Crippen LogP contribution in [0.2, 0.25) is 0 Å². The summed E-state index contributed by atoms with van der Waals surface area (Å²) in [5.41, 5.74) is 8.79. The lowest BCUT2D eigenvalue weighted by Crippen LogP contribution is -2.30. The molecule has 9 nitrogen and oxygen atoms in total. The van der Waals surface area contributed by atoms with E-state index < -0.39 is 13.0 Å². The SMILES string of the molecule is Cc1cc2c(C(N)=O)cccc2n1-c1nncc(NCc2cccc(B(O)O)c2)n1. The number of hydrogen-bond acceptors (Lipinski definition) is 7. The van der Waals surface area contributed by atoms with Gasteiger partial charge in [-0.1, -0.05) is 30.3 Å². The van der Waals surface area contributed by atoms with Crippen LogP contribution in [0.15, 0.2) is 54.7 Å². The number of aromatic nitrogens is 4. The second-order valence-corrected chi connectivity index (χ2v) is 6.84. The molecule has 2 aromatic carbocycles. The maximum Gasteiger partial charge on any atom is 0.488 e. The van der Waals surface area contributed by atoms with Gasteiger partial charge in [0, 0.05) is 23.2 Å². The number of hydrogen-bond donors (Lipinski definition) is 4. The predicted octanol–water partition coefficient (Wildman–Crippen LogP) is 0.515. The number of nitrogens with zero attached hydrogens (tertiary/aromatic N) is 4. The molecule has 150 valence electrons. The van der Waals surface area contributed by atoms with E-state index in [1.165, 1.54) is 6.20 Å². The zero-order valence-electron chi connectivity index (χ0n) is 16.1. The lowest BCUT2D eigenvalue weighted by atomic mass is 9.80. The fraction of sp³-hybridized carbons (Fsp3) is 0.100. The average molecular weight is 402 g/mol. The van der Waals surface area contributed by atoms with E-state index in [9.17, 15) is 14.8 Å². The first-order valence-corrected chi connectivity index (χ1v) is 9.24. The summed E-state index contributed by atoms with van der Waals surface area (Å²) in [7, 11) is -1.52. The van der Waals surface area contributed by atoms with Gasteiger partial charge >= 0.3 is 7.12 Å². The molecule has 0 saturated carbocycles. The number of anilines is 1. The van der Waals surface area contributed by atoms with Crippen molar-refractivity contribution in [2.45, 2.75) is 13.5 Å². The summed E-state index contributed by atoms with van der Waals surface area (Å²) in [6.07, 6.45) is 1.50. The zero-order chi connectivity index (χ0) is 21.3. The predicted molar refractivity (Wildman–Crippen MR) is 114 cm³/mol. The second kappa shape index (κ2) is 7.93. The van der Waals surface area contributed by atoms with Crippen molar-refractivity contribution < 1.29 is 14.8 Å². The number of aryl methyl sites for hydroxylation is 1. The Kier molecular flexibility index (Phi) is 5.17. The van der Waals surface area contributed by atoms with Crippen molar-refractivity contribution in [1.29, 1.82) is 0 Å². The van der Waals surface area contributed by atoms with Crippen LogP contribution >= 0.6 is 0 Å². The second-order valence-electron chi connectivity index (χ2n) is 6.84. The van der Waals surface area contributed by atoms with E-state index in [0.29, 0.717) is 29.3 Å². The van der Waals surface area contributed by atoms with Crippen molar-refractivity contribution in [2.24, 2.45) is 5.73 Å². The average Bonchev–Trinajstić information content (AvgIpc) is 3.08. The first kappa shape index (κ1) is 19.6. The molecule has 0 saturated heterocycles. The van der Waals surface area contributed by atoms with Gasteiger partial charge < -0.3 is 21.1 Å². The molecular formula is C20H19BN6O3. The Morgan fingerprint density at radius 2 is 2.00 bits per heavy atom. The highest BCUT2D eigenvalue weighted by Gasteiger charge is 2.16. The Morgan fingerprint density at radius 3 is 2.77 bits per heavy atom. The van der Waals surface area contributed by atoms with Crippen LogP contribution in [-0.2, 0) is 6.54 Å². The zero-order valence-corrected chi connectivity index (χ0v) is 16.1. The van der Waals surface area contributed by atoms with Crippen LogP contribution in [0.1, 0.15) is 21.6 Å². The van der Waals surface area contributed by atoms with Gasteiger partial charge in [-0.2, -0.15) is 10.1 Å². The molecule has 0 aliphatic rings. The van der Waals surface area contributed by atoms with Crippen molar-refractivity contribution in [1.82, 2.24) is 19.7 Å². The summed E-state index contributed by atoms with van der Waals surface area (Å²) in [6.45, 7) is 2.30. The molecule has 2 aromatic heterocycles. The Balaban J connectivity index is 1.64. The van der Waals surface area contributed by atoms with Crippen molar-refractivity contribution >= 4 is 35.2 Å². The molecule has 0 spiro atoms. The highest BCUT2D eigenvalue weighted by molar-refractivity contribution is 6.58. The third-order valence-corrected chi connectivity index (χ3v) is 4.77. The number of nitrogens with one attached hydrogen (secondary N) is 1. The van der Waals surface area contributed by atoms with E-state index in [1.807, 2.05) is 29.7 Å². The van der Waals surface area contributed by atoms with E-state index >= 15 is 0 Å². The Labute approximate surface area is 172 Å². The summed E-state index contributed by atoms with van der Waals surface area (Å²) in [5.74, 6) is 0.360. The number of primary amides is 1. The lowest BCUT2D eigenvalue weighted by molar-refractivity contribution is 0.100. The molecule has 4 aromatic rings. The fourth-order valence-electron chi connectivity index (χ4n) is 3.37. The van der Waals surface area contributed by atoms with Crippen LogP contribution in [0, 0.1) is 6.92 Å². The number of rotatable bonds is 6. The summed E-state index contributed by atoms with van der Waals surface area (Å²) < 4.78 is 1.81. The van der Waals surface area contributed by atoms with Crippen LogP contribution in [0.3, 0.4) is 0 Å². The van der Waals surface area contributed by atoms with Gasteiger partial charge in [0.25, 0.3) is 5.95 Å². The summed E-state index contributed by atoms with van der Waals surface area (Å²) in [5, 5.41) is 30.7. The Morgan fingerprint density at radius 1 is 1.20 bits per heavy atom. The topological polar surface area (TPSA) is 139 Å². The summed E-state index contributed by atoms with van der Waals surface area (Å²) >= 11 is 0. The Hall–Kier alpha value is -3.76. The molecule has 0 aliphatic heterocycles. The van der Waals surface area contributed by atoms with Crippen LogP contribution in [0.4, 0.5) is 5.82 Å². The van der Waals surface area contributed by atoms with Gasteiger partial charge in [0.05, 0.1) is 11.7 Å². The molecule has 30 heavy (non-hydrogen) atoms. The molecular weight excluding hydrogens is 383 g/mol. The van der Waals surface area contributed by atoms with Crippen LogP contribution in [0.25, 0.3) is 16.9 Å². The third-order valence-electron chi connectivity index (χ3n) is 4.77. The van der Waals surface area contributed by atoms with Gasteiger partial charge in [-0.3, -0.25) is 9.36 Å². The standard InChI is InChI=1S/C20H19BN6O3/c1-12-8-16-15(19(22)28)6-3-7-17(16)27(12)20-25-18(11-24-26-20)23-10-13-4-2-5-14(9-13)21(29)30/h2-9,11,29-30H,10H2,1H3,(H2,22,28)(H,23,25,26). The minimum atomic E-state index is -1.52. The van der Waals surface area contributed by atoms with Gasteiger partial charge in [-0.05, 0) is 36.1 Å². The summed E-state index contributed by atoms with van der Waals surface area (Å²) in [4.78, 5) is 16.3. The molecule has 1 amide bonds. The van der Waals surface area contributed by atoms with Crippen molar-refractivity contribution in [3.8, 4) is 5.95 Å². The van der Waals surface area contributed by atoms with Gasteiger partial charge in [0.15, 0.2) is 5.82 Å². The first-order chi connectivity index (χ1) is 14.4. The number of fused-ring (bicyclic) bond motifs is 1. The van der Waals surface area contributed by atoms with Crippen molar-refractivity contribution in [3.05, 3.63) is 71.5 Å². The van der Waals surface area contributed by atoms with Gasteiger partial charge in [-0.25, -0.2) is 0 Å². The number of carbonyl (C=O) groups is 1. The quantitative estimate of drug-likeness (QED) is 0.345. The maximum atomic E-state index is 11.7. The monoisotopic (exact) mass is 402 g/mol. The van der Waals surface area contributed by atoms with E-state index in [2.05, 4.69) is 20.5 Å². The van der Waals surface area contributed by atoms with E-state index in [1.54, 1.807) is 30.3 Å². The molecule has 5 N–H and O–H groups in total. The number of benzene rings is 2. The van der Waals surface area contributed by atoms with Gasteiger partial charge in [-0.15, -0.1) is 5.10 Å². The van der Waals surface area contributed by atoms with Crippen LogP contribution in [0.5, 0.6) is 0 Å². The number of carbonyl (C=O) groups excluding carboxylic acids is 1. The number of nitrogens with two attached hydrogens (primary N) is 1. The molecule has 0 aliphatic carbocycles. The maximum absolute atomic E-state index is 11.7. The van der Waals surface area contributed by atoms with Crippen LogP contribution in [-0.4, -0.2) is 42.8 Å². The van der Waals surface area contributed by atoms with Gasteiger partial charge in [0.1, 0.15) is 0 Å². The third kappa shape index (κ3) is 3.73. The highest BCUT2D eigenvalue weighted by Crippen LogP contribution is 2.25. The van der Waals surface area contributed by atoms with E-state index in [-0.39, 0.29) is 0 Å².